The molecule has 0 saturated carbocycles. The molecular weight excluding hydrogens is 738 g/mol. The molecule has 0 amide bonds. The Bertz CT molecular complexity index is 2730. The maximum Gasteiger partial charge on any atom is 0.194 e. The van der Waals surface area contributed by atoms with E-state index in [-0.39, 0.29) is 16.6 Å². The summed E-state index contributed by atoms with van der Waals surface area (Å²) in [7, 11) is 0. The summed E-state index contributed by atoms with van der Waals surface area (Å²) < 4.78 is 0.855. The summed E-state index contributed by atoms with van der Waals surface area (Å²) in [5.74, 6) is 0.00369. The van der Waals surface area contributed by atoms with Gasteiger partial charge in [-0.2, -0.15) is 0 Å². The molecule has 0 bridgehead atoms. The molecule has 5 heteroatoms. The first-order valence-corrected chi connectivity index (χ1v) is 19.4. The molecule has 0 radical (unpaired) electrons. The van der Waals surface area contributed by atoms with Gasteiger partial charge in [0.2, 0.25) is 0 Å². The molecule has 0 aromatic heterocycles. The Hall–Kier alpha value is -6.22. The lowest BCUT2D eigenvalue weighted by atomic mass is 9.73. The first-order chi connectivity index (χ1) is 26.6. The van der Waals surface area contributed by atoms with Gasteiger partial charge in [0.25, 0.3) is 0 Å². The third-order valence-electron chi connectivity index (χ3n) is 12.1. The molecule has 7 aromatic rings. The van der Waals surface area contributed by atoms with Crippen LogP contribution in [0.4, 0.5) is 39.8 Å². The molecule has 2 aliphatic heterocycles. The number of hydrogen-bond acceptors (Lipinski definition) is 3. The van der Waals surface area contributed by atoms with Crippen molar-refractivity contribution in [3.05, 3.63) is 195 Å². The van der Waals surface area contributed by atoms with Gasteiger partial charge in [0.1, 0.15) is 0 Å². The molecule has 0 spiro atoms. The number of anilines is 6. The van der Waals surface area contributed by atoms with E-state index in [1.54, 1.807) is 0 Å². The zero-order valence-electron chi connectivity index (χ0n) is 31.0. The van der Waals surface area contributed by atoms with Crippen LogP contribution in [0.15, 0.2) is 150 Å². The largest absolute Gasteiger partial charge is 0.309 e. The van der Waals surface area contributed by atoms with Gasteiger partial charge in [-0.05, 0) is 103 Å². The number of fused-ring (bicyclic) bond motifs is 7. The van der Waals surface area contributed by atoms with E-state index in [4.69, 9.17) is 6.57 Å². The van der Waals surface area contributed by atoms with Crippen LogP contribution in [-0.2, 0) is 10.8 Å². The van der Waals surface area contributed by atoms with Gasteiger partial charge in [-0.3, -0.25) is 4.79 Å². The Morgan fingerprint density at radius 3 is 1.33 bits per heavy atom. The van der Waals surface area contributed by atoms with Crippen LogP contribution < -0.4 is 9.80 Å². The van der Waals surface area contributed by atoms with Gasteiger partial charge < -0.3 is 9.80 Å². The van der Waals surface area contributed by atoms with Gasteiger partial charge in [0.05, 0.1) is 40.7 Å². The fourth-order valence-corrected chi connectivity index (χ4v) is 9.80. The van der Waals surface area contributed by atoms with Gasteiger partial charge >= 0.3 is 0 Å². The predicted molar refractivity (Wildman–Crippen MR) is 228 cm³/mol. The number of nitrogens with zero attached hydrogens (tertiary/aromatic N) is 3. The minimum Gasteiger partial charge on any atom is -0.309 e. The summed E-state index contributed by atoms with van der Waals surface area (Å²) in [4.78, 5) is 22.9. The molecule has 2 heterocycles. The van der Waals surface area contributed by atoms with Crippen molar-refractivity contribution in [2.45, 2.75) is 38.5 Å². The van der Waals surface area contributed by atoms with Crippen molar-refractivity contribution in [3.8, 4) is 22.3 Å². The van der Waals surface area contributed by atoms with Crippen LogP contribution in [-0.4, -0.2) is 5.78 Å². The van der Waals surface area contributed by atoms with Crippen molar-refractivity contribution < 1.29 is 4.79 Å². The molecule has 0 saturated heterocycles. The molecule has 0 N–H and O–H groups in total. The van der Waals surface area contributed by atoms with Crippen LogP contribution in [0.1, 0.15) is 65.9 Å². The van der Waals surface area contributed by atoms with E-state index < -0.39 is 0 Å². The van der Waals surface area contributed by atoms with E-state index in [2.05, 4.69) is 174 Å². The Balaban J connectivity index is 1.24. The lowest BCUT2D eigenvalue weighted by molar-refractivity contribution is 0.104. The first-order valence-electron chi connectivity index (χ1n) is 18.6. The standard InChI is InChI=1S/C50H36BrN3O/c1-49(2)37-14-6-10-18-42(37)53(43-19-11-7-15-38(43)49)46-28-33-34-29-47(54-44-20-12-8-16-39(44)50(3,4)40-17-9-13-21-45(40)54)41(51)27-36(34)48(55)35(33)26-32(46)30-22-24-31(52-5)25-23-30/h6-29H,1-4H3. The van der Waals surface area contributed by atoms with E-state index >= 15 is 0 Å². The Morgan fingerprint density at radius 2 is 0.873 bits per heavy atom. The zero-order chi connectivity index (χ0) is 37.8. The smallest absolute Gasteiger partial charge is 0.194 e. The summed E-state index contributed by atoms with van der Waals surface area (Å²) in [6, 6.07) is 50.8. The number of carbonyl (C=O) groups is 1. The molecule has 0 fully saturated rings. The molecule has 0 atom stereocenters. The lowest BCUT2D eigenvalue weighted by Gasteiger charge is -2.42. The summed E-state index contributed by atoms with van der Waals surface area (Å²) in [6.07, 6.45) is 0. The molecule has 0 unspecified atom stereocenters. The van der Waals surface area contributed by atoms with Crippen LogP contribution in [0.5, 0.6) is 0 Å². The second kappa shape index (κ2) is 11.9. The van der Waals surface area contributed by atoms with Gasteiger partial charge in [0, 0.05) is 32.0 Å². The molecule has 55 heavy (non-hydrogen) atoms. The van der Waals surface area contributed by atoms with Crippen molar-refractivity contribution in [1.82, 2.24) is 0 Å². The normalized spacial score (nSPS) is 15.2. The van der Waals surface area contributed by atoms with Crippen molar-refractivity contribution in [3.63, 3.8) is 0 Å². The maximum absolute atomic E-state index is 14.6. The summed E-state index contributed by atoms with van der Waals surface area (Å²) in [5.41, 5.74) is 16.6. The number of benzene rings is 7. The van der Waals surface area contributed by atoms with Crippen LogP contribution in [0, 0.1) is 6.57 Å². The highest BCUT2D eigenvalue weighted by Gasteiger charge is 2.40. The van der Waals surface area contributed by atoms with E-state index in [0.717, 1.165) is 60.9 Å². The van der Waals surface area contributed by atoms with E-state index in [9.17, 15) is 4.79 Å². The molecule has 1 aliphatic carbocycles. The van der Waals surface area contributed by atoms with Crippen LogP contribution >= 0.6 is 15.9 Å². The highest BCUT2D eigenvalue weighted by atomic mass is 79.9. The highest BCUT2D eigenvalue weighted by Crippen LogP contribution is 2.57. The summed E-state index contributed by atoms with van der Waals surface area (Å²) in [5, 5.41) is 0. The summed E-state index contributed by atoms with van der Waals surface area (Å²) in [6.45, 7) is 16.8. The predicted octanol–water partition coefficient (Wildman–Crippen LogP) is 14.1. The zero-order valence-corrected chi connectivity index (χ0v) is 32.6. The van der Waals surface area contributed by atoms with Gasteiger partial charge in [-0.15, -0.1) is 0 Å². The number of para-hydroxylation sites is 4. The van der Waals surface area contributed by atoms with E-state index in [1.807, 2.05) is 30.3 Å². The minimum atomic E-state index is -0.225. The lowest BCUT2D eigenvalue weighted by Crippen LogP contribution is -2.30. The Kier molecular flexibility index (Phi) is 7.21. The quantitative estimate of drug-likeness (QED) is 0.167. The van der Waals surface area contributed by atoms with Crippen LogP contribution in [0.25, 0.3) is 27.1 Å². The van der Waals surface area contributed by atoms with Crippen LogP contribution in [0.3, 0.4) is 0 Å². The average molecular weight is 775 g/mol. The third kappa shape index (κ3) is 4.71. The monoisotopic (exact) mass is 773 g/mol. The van der Waals surface area contributed by atoms with Crippen LogP contribution in [0.2, 0.25) is 0 Å². The number of hydrogen-bond donors (Lipinski definition) is 0. The third-order valence-corrected chi connectivity index (χ3v) is 12.7. The van der Waals surface area contributed by atoms with E-state index in [0.29, 0.717) is 16.8 Å². The van der Waals surface area contributed by atoms with Crippen molar-refractivity contribution in [2.75, 3.05) is 9.80 Å². The maximum atomic E-state index is 14.6. The Labute approximate surface area is 330 Å². The fourth-order valence-electron chi connectivity index (χ4n) is 9.28. The van der Waals surface area contributed by atoms with Crippen molar-refractivity contribution in [2.24, 2.45) is 0 Å². The highest BCUT2D eigenvalue weighted by molar-refractivity contribution is 9.10. The number of ketones is 1. The van der Waals surface area contributed by atoms with Crippen molar-refractivity contribution >= 4 is 61.5 Å². The molecule has 4 nitrogen and oxygen atoms in total. The number of carbonyl (C=O) groups excluding carboxylic acids is 1. The van der Waals surface area contributed by atoms with Gasteiger partial charge in [-0.1, -0.05) is 125 Å². The second-order valence-corrected chi connectivity index (χ2v) is 16.6. The number of halogens is 1. The summed E-state index contributed by atoms with van der Waals surface area (Å²) >= 11 is 3.95. The van der Waals surface area contributed by atoms with E-state index in [1.165, 1.54) is 22.3 Å². The molecule has 10 rings (SSSR count). The molecule has 264 valence electrons. The molecular formula is C50H36BrN3O. The minimum absolute atomic E-state index is 0.00369. The fraction of sp³-hybridized carbons (Fsp3) is 0.120. The SMILES string of the molecule is [C-]#[N+]c1ccc(-c2cc3c(cc2N2c4ccccc4C(C)(C)c4ccccc42)-c2cc(N4c5ccccc5C(C)(C)c5ccccc54)c(Br)cc2C3=O)cc1. The first kappa shape index (κ1) is 33.4. The van der Waals surface area contributed by atoms with Crippen molar-refractivity contribution in [1.29, 1.82) is 0 Å². The van der Waals surface area contributed by atoms with Gasteiger partial charge in [0.15, 0.2) is 11.5 Å². The molecule has 7 aromatic carbocycles. The number of rotatable bonds is 3. The Morgan fingerprint density at radius 1 is 0.473 bits per heavy atom. The van der Waals surface area contributed by atoms with Gasteiger partial charge in [-0.25, -0.2) is 4.85 Å². The molecule has 3 aliphatic rings. The second-order valence-electron chi connectivity index (χ2n) is 15.7. The topological polar surface area (TPSA) is 27.9 Å². The average Bonchev–Trinajstić information content (AvgIpc) is 3.47.